The molecular weight excluding hydrogens is 222 g/mol. The molecule has 1 aromatic carbocycles. The average Bonchev–Trinajstić information content (AvgIpc) is 2.29. The van der Waals surface area contributed by atoms with E-state index in [1.807, 2.05) is 0 Å². The van der Waals surface area contributed by atoms with Gasteiger partial charge in [0.15, 0.2) is 0 Å². The number of nitrogens with two attached hydrogens (primary N) is 1. The minimum Gasteiger partial charge on any atom is -0.480 e. The number of aliphatic carboxylic acids is 1. The molecule has 0 bridgehead atoms. The second-order valence-corrected chi connectivity index (χ2v) is 3.96. The number of carboxylic acid groups (broad SMARTS) is 1. The predicted molar refractivity (Wildman–Crippen MR) is 61.3 cm³/mol. The molecule has 1 rings (SSSR count). The Morgan fingerprint density at radius 3 is 2.65 bits per heavy atom. The fourth-order valence-corrected chi connectivity index (χ4v) is 1.37. The molecule has 0 amide bonds. The summed E-state index contributed by atoms with van der Waals surface area (Å²) < 4.78 is 4.54. The number of hydrogen-bond acceptors (Lipinski definition) is 4. The summed E-state index contributed by atoms with van der Waals surface area (Å²) in [6.45, 7) is 1.41. The van der Waals surface area contributed by atoms with Gasteiger partial charge in [-0.3, -0.25) is 4.79 Å². The van der Waals surface area contributed by atoms with Crippen LogP contribution in [-0.2, 0) is 26.3 Å². The molecule has 0 aliphatic carbocycles. The van der Waals surface area contributed by atoms with Crippen molar-refractivity contribution in [3.63, 3.8) is 0 Å². The van der Waals surface area contributed by atoms with Crippen molar-refractivity contribution in [2.24, 2.45) is 5.73 Å². The smallest absolute Gasteiger partial charge is 0.328 e. The van der Waals surface area contributed by atoms with Crippen molar-refractivity contribution in [3.05, 3.63) is 35.4 Å². The number of ether oxygens (including phenoxy) is 1. The lowest BCUT2D eigenvalue weighted by molar-refractivity contribution is -0.143. The Kier molecular flexibility index (Phi) is 3.85. The molecule has 0 radical (unpaired) electrons. The van der Waals surface area contributed by atoms with E-state index in [1.165, 1.54) is 14.0 Å². The van der Waals surface area contributed by atoms with Crippen LogP contribution in [0.3, 0.4) is 0 Å². The normalized spacial score (nSPS) is 13.8. The van der Waals surface area contributed by atoms with E-state index in [2.05, 4.69) is 4.74 Å². The van der Waals surface area contributed by atoms with Crippen molar-refractivity contribution >= 4 is 11.9 Å². The van der Waals surface area contributed by atoms with Crippen molar-refractivity contribution < 1.29 is 19.4 Å². The molecule has 1 atom stereocenters. The van der Waals surface area contributed by atoms with E-state index < -0.39 is 11.5 Å². The Labute approximate surface area is 99.2 Å². The largest absolute Gasteiger partial charge is 0.480 e. The maximum Gasteiger partial charge on any atom is 0.328 e. The molecule has 5 nitrogen and oxygen atoms in total. The highest BCUT2D eigenvalue weighted by molar-refractivity contribution is 5.80. The van der Waals surface area contributed by atoms with E-state index in [0.29, 0.717) is 11.1 Å². The van der Waals surface area contributed by atoms with Gasteiger partial charge < -0.3 is 15.6 Å². The first kappa shape index (κ1) is 13.2. The van der Waals surface area contributed by atoms with Gasteiger partial charge >= 0.3 is 11.9 Å². The zero-order valence-electron chi connectivity index (χ0n) is 9.77. The highest BCUT2D eigenvalue weighted by Crippen LogP contribution is 2.19. The van der Waals surface area contributed by atoms with Gasteiger partial charge in [-0.05, 0) is 18.1 Å². The summed E-state index contributed by atoms with van der Waals surface area (Å²) in [4.78, 5) is 22.1. The molecule has 3 N–H and O–H groups in total. The van der Waals surface area contributed by atoms with Gasteiger partial charge in [0.05, 0.1) is 13.5 Å². The number of carbonyl (C=O) groups excluding carboxylic acids is 1. The molecule has 17 heavy (non-hydrogen) atoms. The molecule has 1 unspecified atom stereocenters. The first-order chi connectivity index (χ1) is 7.87. The van der Waals surface area contributed by atoms with Crippen LogP contribution in [0.5, 0.6) is 0 Å². The van der Waals surface area contributed by atoms with Crippen LogP contribution in [-0.4, -0.2) is 24.2 Å². The molecule has 92 valence electrons. The monoisotopic (exact) mass is 237 g/mol. The SMILES string of the molecule is COC(=O)Cc1cccc(C(C)(N)C(=O)O)c1. The van der Waals surface area contributed by atoms with Gasteiger partial charge in [0.2, 0.25) is 0 Å². The standard InChI is InChI=1S/C12H15NO4/c1-12(13,11(15)16)9-5-3-4-8(6-9)7-10(14)17-2/h3-6H,7,13H2,1-2H3,(H,15,16). The van der Waals surface area contributed by atoms with E-state index in [0.717, 1.165) is 0 Å². The summed E-state index contributed by atoms with van der Waals surface area (Å²) in [6, 6.07) is 6.61. The van der Waals surface area contributed by atoms with Gasteiger partial charge in [-0.25, -0.2) is 4.79 Å². The fraction of sp³-hybridized carbons (Fsp3) is 0.333. The third-order valence-corrected chi connectivity index (χ3v) is 2.55. The predicted octanol–water partition coefficient (Wildman–Crippen LogP) is 0.661. The Morgan fingerprint density at radius 1 is 1.47 bits per heavy atom. The van der Waals surface area contributed by atoms with Gasteiger partial charge in [0.25, 0.3) is 0 Å². The van der Waals surface area contributed by atoms with Crippen LogP contribution < -0.4 is 5.73 Å². The van der Waals surface area contributed by atoms with Crippen molar-refractivity contribution in [3.8, 4) is 0 Å². The first-order valence-corrected chi connectivity index (χ1v) is 5.06. The van der Waals surface area contributed by atoms with Gasteiger partial charge in [-0.15, -0.1) is 0 Å². The molecule has 0 aliphatic rings. The van der Waals surface area contributed by atoms with Crippen molar-refractivity contribution in [1.82, 2.24) is 0 Å². The number of esters is 1. The van der Waals surface area contributed by atoms with Crippen LogP contribution in [0.2, 0.25) is 0 Å². The molecule has 0 heterocycles. The van der Waals surface area contributed by atoms with Crippen LogP contribution in [0.25, 0.3) is 0 Å². The summed E-state index contributed by atoms with van der Waals surface area (Å²) >= 11 is 0. The molecule has 0 fully saturated rings. The topological polar surface area (TPSA) is 89.6 Å². The number of methoxy groups -OCH3 is 1. The lowest BCUT2D eigenvalue weighted by Crippen LogP contribution is -2.41. The Balaban J connectivity index is 3.01. The number of carboxylic acids is 1. The fourth-order valence-electron chi connectivity index (χ4n) is 1.37. The molecule has 1 aromatic rings. The first-order valence-electron chi connectivity index (χ1n) is 5.06. The van der Waals surface area contributed by atoms with Gasteiger partial charge in [-0.1, -0.05) is 24.3 Å². The summed E-state index contributed by atoms with van der Waals surface area (Å²) in [5, 5.41) is 9.00. The highest BCUT2D eigenvalue weighted by atomic mass is 16.5. The molecule has 0 saturated heterocycles. The molecule has 0 spiro atoms. The van der Waals surface area contributed by atoms with Gasteiger partial charge in [0.1, 0.15) is 5.54 Å². The van der Waals surface area contributed by atoms with Gasteiger partial charge in [-0.2, -0.15) is 0 Å². The highest BCUT2D eigenvalue weighted by Gasteiger charge is 2.30. The quantitative estimate of drug-likeness (QED) is 0.751. The average molecular weight is 237 g/mol. The van der Waals surface area contributed by atoms with Gasteiger partial charge in [0, 0.05) is 0 Å². The van der Waals surface area contributed by atoms with Crippen LogP contribution >= 0.6 is 0 Å². The summed E-state index contributed by atoms with van der Waals surface area (Å²) in [5.41, 5.74) is 5.35. The minimum absolute atomic E-state index is 0.0973. The van der Waals surface area contributed by atoms with Crippen LogP contribution in [0.15, 0.2) is 24.3 Å². The molecule has 5 heteroatoms. The number of benzene rings is 1. The molecular formula is C12H15NO4. The lowest BCUT2D eigenvalue weighted by atomic mass is 9.91. The summed E-state index contributed by atoms with van der Waals surface area (Å²) in [7, 11) is 1.30. The Bertz CT molecular complexity index is 440. The van der Waals surface area contributed by atoms with E-state index >= 15 is 0 Å². The second-order valence-electron chi connectivity index (χ2n) is 3.96. The van der Waals surface area contributed by atoms with Crippen molar-refractivity contribution in [1.29, 1.82) is 0 Å². The zero-order valence-corrected chi connectivity index (χ0v) is 9.77. The van der Waals surface area contributed by atoms with E-state index in [-0.39, 0.29) is 12.4 Å². The third-order valence-electron chi connectivity index (χ3n) is 2.55. The Morgan fingerprint density at radius 2 is 2.12 bits per heavy atom. The second kappa shape index (κ2) is 4.97. The number of rotatable bonds is 4. The molecule has 0 aliphatic heterocycles. The molecule has 0 saturated carbocycles. The van der Waals surface area contributed by atoms with Crippen molar-refractivity contribution in [2.45, 2.75) is 18.9 Å². The van der Waals surface area contributed by atoms with E-state index in [9.17, 15) is 9.59 Å². The summed E-state index contributed by atoms with van der Waals surface area (Å²) in [5.74, 6) is -1.50. The lowest BCUT2D eigenvalue weighted by Gasteiger charge is -2.20. The maximum absolute atomic E-state index is 11.1. The van der Waals surface area contributed by atoms with E-state index in [1.54, 1.807) is 24.3 Å². The maximum atomic E-state index is 11.1. The van der Waals surface area contributed by atoms with Crippen LogP contribution in [0.1, 0.15) is 18.1 Å². The van der Waals surface area contributed by atoms with Crippen molar-refractivity contribution in [2.75, 3.05) is 7.11 Å². The van der Waals surface area contributed by atoms with Crippen LogP contribution in [0.4, 0.5) is 0 Å². The number of hydrogen-bond donors (Lipinski definition) is 2. The minimum atomic E-state index is -1.47. The number of carbonyl (C=O) groups is 2. The summed E-state index contributed by atoms with van der Waals surface area (Å²) in [6.07, 6.45) is 0.0973. The van der Waals surface area contributed by atoms with E-state index in [4.69, 9.17) is 10.8 Å². The molecule has 0 aromatic heterocycles. The van der Waals surface area contributed by atoms with Crippen LogP contribution in [0, 0.1) is 0 Å². The third kappa shape index (κ3) is 3.04. The zero-order chi connectivity index (χ0) is 13.1. The Hall–Kier alpha value is -1.88.